The van der Waals surface area contributed by atoms with Gasteiger partial charge in [-0.3, -0.25) is 9.69 Å². The Morgan fingerprint density at radius 1 is 0.862 bits per heavy atom. The molecule has 2 aromatic carbocycles. The third kappa shape index (κ3) is 5.21. The van der Waals surface area contributed by atoms with E-state index < -0.39 is 0 Å². The molecule has 0 atom stereocenters. The van der Waals surface area contributed by atoms with Gasteiger partial charge in [-0.05, 0) is 23.3 Å². The number of hydrogen-bond acceptors (Lipinski definition) is 4. The third-order valence-electron chi connectivity index (χ3n) is 5.23. The van der Waals surface area contributed by atoms with Crippen LogP contribution in [0.1, 0.15) is 21.5 Å². The fraction of sp³-hybridized carbons (Fsp3) is 0.250. The number of amides is 1. The lowest BCUT2D eigenvalue weighted by atomic mass is 10.1. The molecule has 1 aromatic heterocycles. The Balaban J connectivity index is 1.31. The maximum absolute atomic E-state index is 12.9. The van der Waals surface area contributed by atoms with Crippen molar-refractivity contribution in [3.8, 4) is 0 Å². The predicted molar refractivity (Wildman–Crippen MR) is 116 cm³/mol. The fourth-order valence-electron chi connectivity index (χ4n) is 3.58. The van der Waals surface area contributed by atoms with Crippen molar-refractivity contribution in [3.05, 3.63) is 95.7 Å². The number of carbonyl (C=O) groups excluding carboxylic acids is 1. The van der Waals surface area contributed by atoms with Crippen LogP contribution in [0.4, 0.5) is 5.82 Å². The Morgan fingerprint density at radius 2 is 1.52 bits per heavy atom. The molecule has 1 amide bonds. The molecule has 1 fully saturated rings. The molecule has 0 aliphatic carbocycles. The van der Waals surface area contributed by atoms with Crippen molar-refractivity contribution in [2.45, 2.75) is 13.1 Å². The van der Waals surface area contributed by atoms with Gasteiger partial charge in [0, 0.05) is 51.0 Å². The number of anilines is 1. The minimum atomic E-state index is 0.0783. The summed E-state index contributed by atoms with van der Waals surface area (Å²) in [6, 6.07) is 24.3. The number of rotatable bonds is 6. The molecule has 0 spiro atoms. The van der Waals surface area contributed by atoms with Crippen LogP contribution in [0, 0.1) is 0 Å². The van der Waals surface area contributed by atoms with E-state index >= 15 is 0 Å². The highest BCUT2D eigenvalue weighted by Crippen LogP contribution is 2.14. The molecule has 5 heteroatoms. The van der Waals surface area contributed by atoms with Gasteiger partial charge < -0.3 is 10.2 Å². The van der Waals surface area contributed by atoms with Gasteiger partial charge in [0.15, 0.2) is 0 Å². The van der Waals surface area contributed by atoms with Crippen molar-refractivity contribution in [1.29, 1.82) is 0 Å². The molecule has 29 heavy (non-hydrogen) atoms. The predicted octanol–water partition coefficient (Wildman–Crippen LogP) is 3.65. The molecule has 3 aromatic rings. The standard InChI is InChI=1S/C24H26N4O/c29-24(28-15-13-27(14-16-28)19-21-9-5-2-6-10-21)22-11-12-25-23(17-22)26-18-20-7-3-1-4-8-20/h1-12,17H,13-16,18-19H2,(H,25,26). The van der Waals surface area contributed by atoms with Crippen LogP contribution in [-0.2, 0) is 13.1 Å². The van der Waals surface area contributed by atoms with Crippen LogP contribution in [0.25, 0.3) is 0 Å². The van der Waals surface area contributed by atoms with Crippen molar-refractivity contribution in [1.82, 2.24) is 14.8 Å². The maximum atomic E-state index is 12.9. The van der Waals surface area contributed by atoms with Gasteiger partial charge in [-0.25, -0.2) is 4.98 Å². The van der Waals surface area contributed by atoms with Crippen molar-refractivity contribution >= 4 is 11.7 Å². The third-order valence-corrected chi connectivity index (χ3v) is 5.23. The molecular formula is C24H26N4O. The number of nitrogens with zero attached hydrogens (tertiary/aromatic N) is 3. The van der Waals surface area contributed by atoms with Crippen molar-refractivity contribution < 1.29 is 4.79 Å². The highest BCUT2D eigenvalue weighted by Gasteiger charge is 2.22. The smallest absolute Gasteiger partial charge is 0.254 e. The van der Waals surface area contributed by atoms with Crippen molar-refractivity contribution in [2.24, 2.45) is 0 Å². The van der Waals surface area contributed by atoms with E-state index in [1.165, 1.54) is 11.1 Å². The minimum absolute atomic E-state index is 0.0783. The van der Waals surface area contributed by atoms with Gasteiger partial charge in [0.05, 0.1) is 0 Å². The average molecular weight is 386 g/mol. The highest BCUT2D eigenvalue weighted by molar-refractivity contribution is 5.94. The molecule has 0 radical (unpaired) electrons. The molecule has 0 saturated carbocycles. The first kappa shape index (κ1) is 19.2. The molecule has 1 aliphatic rings. The van der Waals surface area contributed by atoms with Gasteiger partial charge in [0.25, 0.3) is 5.91 Å². The highest BCUT2D eigenvalue weighted by atomic mass is 16.2. The van der Waals surface area contributed by atoms with Gasteiger partial charge in [-0.15, -0.1) is 0 Å². The second kappa shape index (κ2) is 9.34. The van der Waals surface area contributed by atoms with E-state index in [9.17, 15) is 4.79 Å². The summed E-state index contributed by atoms with van der Waals surface area (Å²) in [6.45, 7) is 4.91. The Morgan fingerprint density at radius 3 is 2.21 bits per heavy atom. The maximum Gasteiger partial charge on any atom is 0.254 e. The van der Waals surface area contributed by atoms with Crippen LogP contribution in [0.15, 0.2) is 79.0 Å². The normalized spacial score (nSPS) is 14.6. The van der Waals surface area contributed by atoms with Crippen LogP contribution in [0.2, 0.25) is 0 Å². The second-order valence-corrected chi connectivity index (χ2v) is 7.32. The van der Waals surface area contributed by atoms with E-state index in [0.717, 1.165) is 38.5 Å². The molecule has 0 unspecified atom stereocenters. The Bertz CT molecular complexity index is 922. The summed E-state index contributed by atoms with van der Waals surface area (Å²) in [5.41, 5.74) is 3.18. The zero-order valence-electron chi connectivity index (χ0n) is 16.5. The van der Waals surface area contributed by atoms with Crippen LogP contribution in [0.3, 0.4) is 0 Å². The first-order valence-corrected chi connectivity index (χ1v) is 10.1. The summed E-state index contributed by atoms with van der Waals surface area (Å²) in [5, 5.41) is 3.30. The molecule has 1 N–H and O–H groups in total. The van der Waals surface area contributed by atoms with E-state index in [-0.39, 0.29) is 5.91 Å². The van der Waals surface area contributed by atoms with Crippen LogP contribution in [-0.4, -0.2) is 46.9 Å². The zero-order valence-corrected chi connectivity index (χ0v) is 16.5. The fourth-order valence-corrected chi connectivity index (χ4v) is 3.58. The molecule has 1 saturated heterocycles. The number of benzene rings is 2. The van der Waals surface area contributed by atoms with Crippen LogP contribution < -0.4 is 5.32 Å². The first-order chi connectivity index (χ1) is 14.3. The number of carbonyl (C=O) groups is 1. The number of pyridine rings is 1. The molecule has 0 bridgehead atoms. The Labute approximate surface area is 172 Å². The van der Waals surface area contributed by atoms with E-state index in [2.05, 4.69) is 51.6 Å². The molecule has 4 rings (SSSR count). The monoisotopic (exact) mass is 386 g/mol. The van der Waals surface area contributed by atoms with Gasteiger partial charge >= 0.3 is 0 Å². The van der Waals surface area contributed by atoms with Gasteiger partial charge in [-0.1, -0.05) is 60.7 Å². The number of nitrogens with one attached hydrogen (secondary N) is 1. The number of aromatic nitrogens is 1. The van der Waals surface area contributed by atoms with E-state index in [1.54, 1.807) is 12.3 Å². The molecule has 5 nitrogen and oxygen atoms in total. The molecule has 1 aliphatic heterocycles. The summed E-state index contributed by atoms with van der Waals surface area (Å²) in [4.78, 5) is 21.6. The minimum Gasteiger partial charge on any atom is -0.366 e. The number of hydrogen-bond donors (Lipinski definition) is 1. The summed E-state index contributed by atoms with van der Waals surface area (Å²) in [6.07, 6.45) is 1.70. The first-order valence-electron chi connectivity index (χ1n) is 10.1. The lowest BCUT2D eigenvalue weighted by molar-refractivity contribution is 0.0628. The lowest BCUT2D eigenvalue weighted by Gasteiger charge is -2.34. The summed E-state index contributed by atoms with van der Waals surface area (Å²) >= 11 is 0. The van der Waals surface area contributed by atoms with E-state index in [0.29, 0.717) is 12.1 Å². The van der Waals surface area contributed by atoms with Crippen molar-refractivity contribution in [2.75, 3.05) is 31.5 Å². The lowest BCUT2D eigenvalue weighted by Crippen LogP contribution is -2.48. The Hall–Kier alpha value is -3.18. The van der Waals surface area contributed by atoms with Gasteiger partial charge in [0.1, 0.15) is 5.82 Å². The second-order valence-electron chi connectivity index (χ2n) is 7.32. The van der Waals surface area contributed by atoms with Crippen LogP contribution >= 0.6 is 0 Å². The summed E-state index contributed by atoms with van der Waals surface area (Å²) < 4.78 is 0. The Kier molecular flexibility index (Phi) is 6.17. The van der Waals surface area contributed by atoms with Crippen molar-refractivity contribution in [3.63, 3.8) is 0 Å². The topological polar surface area (TPSA) is 48.5 Å². The van der Waals surface area contributed by atoms with Crippen LogP contribution in [0.5, 0.6) is 0 Å². The molecule has 148 valence electrons. The zero-order chi connectivity index (χ0) is 19.9. The largest absolute Gasteiger partial charge is 0.366 e. The van der Waals surface area contributed by atoms with Gasteiger partial charge in [0.2, 0.25) is 0 Å². The number of piperazine rings is 1. The van der Waals surface area contributed by atoms with E-state index in [4.69, 9.17) is 0 Å². The quantitative estimate of drug-likeness (QED) is 0.703. The van der Waals surface area contributed by atoms with E-state index in [1.807, 2.05) is 35.2 Å². The molecular weight excluding hydrogens is 360 g/mol. The summed E-state index contributed by atoms with van der Waals surface area (Å²) in [7, 11) is 0. The summed E-state index contributed by atoms with van der Waals surface area (Å²) in [5.74, 6) is 0.803. The molecule has 2 heterocycles. The SMILES string of the molecule is O=C(c1ccnc(NCc2ccccc2)c1)N1CCN(Cc2ccccc2)CC1. The average Bonchev–Trinajstić information content (AvgIpc) is 2.79. The van der Waals surface area contributed by atoms with Gasteiger partial charge in [-0.2, -0.15) is 0 Å².